The van der Waals surface area contributed by atoms with Gasteiger partial charge in [0.2, 0.25) is 5.75 Å². The lowest BCUT2D eigenvalue weighted by Gasteiger charge is -2.02. The van der Waals surface area contributed by atoms with Crippen molar-refractivity contribution in [3.8, 4) is 5.75 Å². The molecule has 0 saturated heterocycles. The van der Waals surface area contributed by atoms with Gasteiger partial charge in [-0.25, -0.2) is 4.98 Å². The summed E-state index contributed by atoms with van der Waals surface area (Å²) in [5.74, 6) is 0.638. The zero-order valence-corrected chi connectivity index (χ0v) is 7.55. The number of ether oxygens (including phenoxy) is 1. The van der Waals surface area contributed by atoms with E-state index in [2.05, 4.69) is 9.97 Å². The second-order valence-corrected chi connectivity index (χ2v) is 2.94. The van der Waals surface area contributed by atoms with Crippen molar-refractivity contribution in [2.45, 2.75) is 12.3 Å². The van der Waals surface area contributed by atoms with Crippen LogP contribution in [0.4, 0.5) is 0 Å². The summed E-state index contributed by atoms with van der Waals surface area (Å²) in [6.45, 7) is 1.73. The van der Waals surface area contributed by atoms with Gasteiger partial charge in [-0.05, 0) is 6.92 Å². The van der Waals surface area contributed by atoms with Gasteiger partial charge in [0.25, 0.3) is 5.56 Å². The Morgan fingerprint density at radius 3 is 2.83 bits per heavy atom. The summed E-state index contributed by atoms with van der Waals surface area (Å²) in [6.07, 6.45) is 1.35. The molecule has 0 aliphatic carbocycles. The summed E-state index contributed by atoms with van der Waals surface area (Å²) >= 11 is 5.70. The zero-order chi connectivity index (χ0) is 9.14. The molecule has 66 valence electrons. The first-order valence-electron chi connectivity index (χ1n) is 3.42. The molecular weight excluding hydrogens is 180 g/mol. The zero-order valence-electron chi connectivity index (χ0n) is 6.80. The number of hydrogen-bond donors (Lipinski definition) is 1. The topological polar surface area (TPSA) is 55.0 Å². The largest absolute Gasteiger partial charge is 0.490 e. The Hall–Kier alpha value is -1.03. The highest BCUT2D eigenvalue weighted by Crippen LogP contribution is 2.13. The normalized spacial score (nSPS) is 12.6. The number of H-pyrrole nitrogens is 1. The molecule has 0 amide bonds. The molecule has 1 unspecified atom stereocenters. The average Bonchev–Trinajstić information content (AvgIpc) is 2.04. The maximum absolute atomic E-state index is 11.1. The summed E-state index contributed by atoms with van der Waals surface area (Å²) in [5.41, 5.74) is -0.310. The molecule has 1 heterocycles. The van der Waals surface area contributed by atoms with Gasteiger partial charge < -0.3 is 9.72 Å². The fourth-order valence-corrected chi connectivity index (χ4v) is 0.855. The SMILES string of the molecule is COc1cnc(C(C)Cl)[nH]c1=O. The van der Waals surface area contributed by atoms with Crippen LogP contribution in [0.3, 0.4) is 0 Å². The smallest absolute Gasteiger partial charge is 0.293 e. The molecule has 0 bridgehead atoms. The third-order valence-corrected chi connectivity index (χ3v) is 1.59. The van der Waals surface area contributed by atoms with Crippen molar-refractivity contribution in [2.75, 3.05) is 7.11 Å². The molecule has 0 aromatic carbocycles. The highest BCUT2D eigenvalue weighted by molar-refractivity contribution is 6.20. The molecule has 0 saturated carbocycles. The fourth-order valence-electron chi connectivity index (χ4n) is 0.745. The molecular formula is C7H9ClN2O2. The summed E-state index contributed by atoms with van der Waals surface area (Å²) in [7, 11) is 1.41. The third-order valence-electron chi connectivity index (χ3n) is 1.38. The molecule has 1 atom stereocenters. The maximum atomic E-state index is 11.1. The minimum absolute atomic E-state index is 0.191. The van der Waals surface area contributed by atoms with Crippen LogP contribution in [0.2, 0.25) is 0 Å². The van der Waals surface area contributed by atoms with Crippen LogP contribution in [0, 0.1) is 0 Å². The molecule has 0 radical (unpaired) electrons. The Labute approximate surface area is 74.5 Å². The maximum Gasteiger partial charge on any atom is 0.293 e. The van der Waals surface area contributed by atoms with Crippen LogP contribution in [0.15, 0.2) is 11.0 Å². The van der Waals surface area contributed by atoms with Crippen molar-refractivity contribution < 1.29 is 4.74 Å². The first-order chi connectivity index (χ1) is 5.65. The molecule has 12 heavy (non-hydrogen) atoms. The van der Waals surface area contributed by atoms with E-state index in [1.165, 1.54) is 13.3 Å². The Morgan fingerprint density at radius 2 is 2.42 bits per heavy atom. The van der Waals surface area contributed by atoms with Gasteiger partial charge in [0, 0.05) is 0 Å². The standard InChI is InChI=1S/C7H9ClN2O2/c1-4(8)6-9-3-5(12-2)7(11)10-6/h3-4H,1-2H3,(H,9,10,11). The van der Waals surface area contributed by atoms with Crippen LogP contribution in [-0.2, 0) is 0 Å². The lowest BCUT2D eigenvalue weighted by molar-refractivity contribution is 0.405. The van der Waals surface area contributed by atoms with Crippen molar-refractivity contribution in [2.24, 2.45) is 0 Å². The van der Waals surface area contributed by atoms with E-state index in [1.807, 2.05) is 0 Å². The van der Waals surface area contributed by atoms with E-state index in [0.717, 1.165) is 0 Å². The fraction of sp³-hybridized carbons (Fsp3) is 0.429. The van der Waals surface area contributed by atoms with E-state index < -0.39 is 0 Å². The monoisotopic (exact) mass is 188 g/mol. The van der Waals surface area contributed by atoms with Gasteiger partial charge in [0.15, 0.2) is 0 Å². The van der Waals surface area contributed by atoms with Crippen molar-refractivity contribution in [3.63, 3.8) is 0 Å². The molecule has 1 rings (SSSR count). The Morgan fingerprint density at radius 1 is 1.75 bits per heavy atom. The number of aromatic nitrogens is 2. The Kier molecular flexibility index (Phi) is 2.70. The van der Waals surface area contributed by atoms with Gasteiger partial charge in [0.1, 0.15) is 5.82 Å². The van der Waals surface area contributed by atoms with Crippen LogP contribution in [0.1, 0.15) is 18.1 Å². The van der Waals surface area contributed by atoms with Crippen molar-refractivity contribution in [1.82, 2.24) is 9.97 Å². The van der Waals surface area contributed by atoms with E-state index in [-0.39, 0.29) is 16.7 Å². The summed E-state index contributed by atoms with van der Waals surface area (Å²) in [4.78, 5) is 17.5. The third kappa shape index (κ3) is 1.76. The predicted octanol–water partition coefficient (Wildman–Crippen LogP) is 1.08. The lowest BCUT2D eigenvalue weighted by atomic mass is 10.4. The summed E-state index contributed by atoms with van der Waals surface area (Å²) in [5, 5.41) is -0.302. The van der Waals surface area contributed by atoms with Gasteiger partial charge in [0.05, 0.1) is 18.7 Å². The second kappa shape index (κ2) is 3.58. The molecule has 0 aliphatic heterocycles. The van der Waals surface area contributed by atoms with Gasteiger partial charge >= 0.3 is 0 Å². The number of nitrogens with one attached hydrogen (secondary N) is 1. The number of alkyl halides is 1. The number of methoxy groups -OCH3 is 1. The molecule has 0 fully saturated rings. The highest BCUT2D eigenvalue weighted by atomic mass is 35.5. The van der Waals surface area contributed by atoms with E-state index in [1.54, 1.807) is 6.92 Å². The van der Waals surface area contributed by atoms with Crippen molar-refractivity contribution in [3.05, 3.63) is 22.4 Å². The van der Waals surface area contributed by atoms with E-state index >= 15 is 0 Å². The highest BCUT2D eigenvalue weighted by Gasteiger charge is 2.05. The molecule has 1 aromatic heterocycles. The van der Waals surface area contributed by atoms with Gasteiger partial charge in [-0.1, -0.05) is 0 Å². The van der Waals surface area contributed by atoms with Crippen LogP contribution in [0.5, 0.6) is 5.75 Å². The van der Waals surface area contributed by atoms with Crippen LogP contribution < -0.4 is 10.3 Å². The molecule has 5 heteroatoms. The first-order valence-corrected chi connectivity index (χ1v) is 3.86. The van der Waals surface area contributed by atoms with E-state index in [0.29, 0.717) is 5.82 Å². The molecule has 4 nitrogen and oxygen atoms in total. The number of rotatable bonds is 2. The first kappa shape index (κ1) is 9.06. The van der Waals surface area contributed by atoms with E-state index in [9.17, 15) is 4.79 Å². The number of aromatic amines is 1. The minimum atomic E-state index is -0.310. The van der Waals surface area contributed by atoms with E-state index in [4.69, 9.17) is 16.3 Å². The Bertz CT molecular complexity index is 321. The van der Waals surface area contributed by atoms with Crippen LogP contribution >= 0.6 is 11.6 Å². The van der Waals surface area contributed by atoms with Gasteiger partial charge in [-0.15, -0.1) is 11.6 Å². The second-order valence-electron chi connectivity index (χ2n) is 2.28. The van der Waals surface area contributed by atoms with Crippen LogP contribution in [0.25, 0.3) is 0 Å². The summed E-state index contributed by atoms with van der Waals surface area (Å²) < 4.78 is 4.73. The molecule has 0 aliphatic rings. The number of nitrogens with zero attached hydrogens (tertiary/aromatic N) is 1. The quantitative estimate of drug-likeness (QED) is 0.707. The number of halogens is 1. The summed E-state index contributed by atoms with van der Waals surface area (Å²) in [6, 6.07) is 0. The lowest BCUT2D eigenvalue weighted by Crippen LogP contribution is -2.13. The molecule has 1 N–H and O–H groups in total. The number of hydrogen-bond acceptors (Lipinski definition) is 3. The van der Waals surface area contributed by atoms with Crippen molar-refractivity contribution in [1.29, 1.82) is 0 Å². The van der Waals surface area contributed by atoms with Gasteiger partial charge in [-0.2, -0.15) is 0 Å². The van der Waals surface area contributed by atoms with Gasteiger partial charge in [-0.3, -0.25) is 4.79 Å². The Balaban J connectivity index is 3.11. The van der Waals surface area contributed by atoms with Crippen LogP contribution in [-0.4, -0.2) is 17.1 Å². The average molecular weight is 189 g/mol. The molecule has 1 aromatic rings. The van der Waals surface area contributed by atoms with Crippen molar-refractivity contribution >= 4 is 11.6 Å². The molecule has 0 spiro atoms. The minimum Gasteiger partial charge on any atom is -0.490 e. The predicted molar refractivity (Wildman–Crippen MR) is 45.7 cm³/mol.